The molecule has 3 N–H and O–H groups in total. The maximum Gasteiger partial charge on any atom is 0.451 e. The molecule has 0 radical (unpaired) electrons. The summed E-state index contributed by atoms with van der Waals surface area (Å²) >= 11 is 0. The number of aliphatic hydroxyl groups excluding tert-OH is 1. The van der Waals surface area contributed by atoms with Crippen molar-refractivity contribution in [1.82, 2.24) is 30.2 Å². The van der Waals surface area contributed by atoms with E-state index in [9.17, 15) is 36.6 Å². The second-order valence-corrected chi connectivity index (χ2v) is 9.43. The first-order chi connectivity index (χ1) is 19.3. The smallest absolute Gasteiger partial charge is 0.385 e. The van der Waals surface area contributed by atoms with Crippen molar-refractivity contribution in [3.05, 3.63) is 76.4 Å². The number of hydrogen-bond donors (Lipinski definition) is 3. The van der Waals surface area contributed by atoms with Crippen LogP contribution in [0.1, 0.15) is 64.0 Å². The summed E-state index contributed by atoms with van der Waals surface area (Å²) < 4.78 is 66.6. The molecule has 0 saturated carbocycles. The Labute approximate surface area is 231 Å². The zero-order valence-electron chi connectivity index (χ0n) is 22.0. The number of alkyl halides is 3. The lowest BCUT2D eigenvalue weighted by Gasteiger charge is -2.32. The van der Waals surface area contributed by atoms with E-state index in [4.69, 9.17) is 0 Å². The van der Waals surface area contributed by atoms with Gasteiger partial charge in [-0.3, -0.25) is 4.79 Å². The number of nitrogens with one attached hydrogen (secondary N) is 2. The quantitative estimate of drug-likeness (QED) is 0.375. The Morgan fingerprint density at radius 1 is 1.07 bits per heavy atom. The number of amides is 3. The Hall–Kier alpha value is -4.27. The predicted molar refractivity (Wildman–Crippen MR) is 135 cm³/mol. The molecule has 3 amide bonds. The molecule has 1 aliphatic heterocycles. The van der Waals surface area contributed by atoms with E-state index < -0.39 is 53.9 Å². The van der Waals surface area contributed by atoms with Gasteiger partial charge in [-0.1, -0.05) is 6.07 Å². The maximum atomic E-state index is 13.9. The minimum atomic E-state index is -4.80. The molecule has 1 atom stereocenters. The monoisotopic (exact) mass is 579 g/mol. The van der Waals surface area contributed by atoms with Crippen molar-refractivity contribution in [3.63, 3.8) is 0 Å². The molecule has 0 bridgehead atoms. The fourth-order valence-electron chi connectivity index (χ4n) is 4.55. The third-order valence-corrected chi connectivity index (χ3v) is 6.55. The third kappa shape index (κ3) is 6.90. The summed E-state index contributed by atoms with van der Waals surface area (Å²) in [5, 5.41) is 15.1. The number of anilines is 1. The van der Waals surface area contributed by atoms with Crippen LogP contribution in [0.4, 0.5) is 32.4 Å². The van der Waals surface area contributed by atoms with Crippen molar-refractivity contribution >= 4 is 17.6 Å². The van der Waals surface area contributed by atoms with Crippen LogP contribution in [0.3, 0.4) is 0 Å². The third-order valence-electron chi connectivity index (χ3n) is 6.55. The van der Waals surface area contributed by atoms with Crippen molar-refractivity contribution in [2.45, 2.75) is 44.9 Å². The molecule has 1 aliphatic rings. The number of aryl methyl sites for hydroxylation is 2. The highest BCUT2D eigenvalue weighted by atomic mass is 19.4. The molecule has 218 valence electrons. The van der Waals surface area contributed by atoms with Gasteiger partial charge in [-0.05, 0) is 44.9 Å². The Morgan fingerprint density at radius 3 is 2.37 bits per heavy atom. The summed E-state index contributed by atoms with van der Waals surface area (Å²) in [5.74, 6) is -3.72. The summed E-state index contributed by atoms with van der Waals surface area (Å²) in [5.41, 5.74) is 0.0718. The molecular weight excluding hydrogens is 553 g/mol. The zero-order chi connectivity index (χ0) is 29.9. The van der Waals surface area contributed by atoms with Gasteiger partial charge in [-0.25, -0.2) is 33.5 Å². The fourth-order valence-corrected chi connectivity index (χ4v) is 4.55. The van der Waals surface area contributed by atoms with Crippen molar-refractivity contribution in [2.75, 3.05) is 25.0 Å². The predicted octanol–water partition coefficient (Wildman–Crippen LogP) is 4.06. The second-order valence-electron chi connectivity index (χ2n) is 9.43. The van der Waals surface area contributed by atoms with Crippen molar-refractivity contribution in [3.8, 4) is 0 Å². The molecule has 15 heteroatoms. The van der Waals surface area contributed by atoms with Crippen LogP contribution in [-0.2, 0) is 6.18 Å². The number of aliphatic hydroxyl groups is 1. The molecule has 4 rings (SSSR count). The van der Waals surface area contributed by atoms with Crippen LogP contribution in [0.2, 0.25) is 0 Å². The summed E-state index contributed by atoms with van der Waals surface area (Å²) in [7, 11) is 0. The molecule has 2 aromatic heterocycles. The molecule has 1 fully saturated rings. The minimum Gasteiger partial charge on any atom is -0.385 e. The van der Waals surface area contributed by atoms with E-state index in [1.807, 2.05) is 0 Å². The van der Waals surface area contributed by atoms with E-state index in [2.05, 4.69) is 30.6 Å². The number of nitrogens with zero attached hydrogens (tertiary/aromatic N) is 5. The van der Waals surface area contributed by atoms with Crippen LogP contribution in [0.5, 0.6) is 0 Å². The van der Waals surface area contributed by atoms with Crippen molar-refractivity contribution in [1.29, 1.82) is 0 Å². The molecule has 0 spiro atoms. The zero-order valence-corrected chi connectivity index (χ0v) is 22.0. The van der Waals surface area contributed by atoms with Crippen LogP contribution in [0, 0.1) is 25.5 Å². The van der Waals surface area contributed by atoms with Crippen molar-refractivity contribution in [2.24, 2.45) is 0 Å². The first-order valence-electron chi connectivity index (χ1n) is 12.6. The number of rotatable bonds is 6. The van der Waals surface area contributed by atoms with E-state index in [0.29, 0.717) is 30.1 Å². The normalized spacial score (nSPS) is 15.0. The Bertz CT molecular complexity index is 1430. The van der Waals surface area contributed by atoms with Gasteiger partial charge in [-0.2, -0.15) is 13.2 Å². The van der Waals surface area contributed by atoms with Gasteiger partial charge in [0.2, 0.25) is 5.82 Å². The summed E-state index contributed by atoms with van der Waals surface area (Å²) in [6.07, 6.45) is -4.71. The number of aromatic nitrogens is 4. The van der Waals surface area contributed by atoms with Crippen LogP contribution < -0.4 is 10.6 Å². The second kappa shape index (κ2) is 12.1. The van der Waals surface area contributed by atoms with Gasteiger partial charge in [-0.15, -0.1) is 0 Å². The maximum absolute atomic E-state index is 13.9. The Balaban J connectivity index is 1.44. The first kappa shape index (κ1) is 29.7. The number of piperidine rings is 1. The molecule has 1 saturated heterocycles. The average Bonchev–Trinajstić information content (AvgIpc) is 2.92. The minimum absolute atomic E-state index is 0.151. The SMILES string of the molecule is Cc1nc(C)c(C(=O)NCC(O)c2ccnc(C(F)(F)F)n2)c(C2CCN(C(=O)Nc3c(F)cccc3F)CC2)n1. The number of likely N-dealkylation sites (tertiary alicyclic amines) is 1. The van der Waals surface area contributed by atoms with E-state index in [1.54, 1.807) is 13.8 Å². The number of urea groups is 1. The number of carbonyl (C=O) groups excluding carboxylic acids is 2. The molecule has 1 aromatic carbocycles. The largest absolute Gasteiger partial charge is 0.451 e. The number of carbonyl (C=O) groups is 2. The number of halogens is 5. The average molecular weight is 580 g/mol. The molecule has 1 unspecified atom stereocenters. The number of para-hydroxylation sites is 1. The summed E-state index contributed by atoms with van der Waals surface area (Å²) in [4.78, 5) is 42.4. The molecule has 3 aromatic rings. The lowest BCUT2D eigenvalue weighted by Crippen LogP contribution is -2.41. The number of hydrogen-bond acceptors (Lipinski definition) is 7. The van der Waals surface area contributed by atoms with E-state index in [0.717, 1.165) is 24.4 Å². The van der Waals surface area contributed by atoms with E-state index in [-0.39, 0.29) is 30.3 Å². The van der Waals surface area contributed by atoms with Gasteiger partial charge in [0.1, 0.15) is 29.3 Å². The molecule has 0 aliphatic carbocycles. The van der Waals surface area contributed by atoms with Crippen LogP contribution in [-0.4, -0.2) is 61.5 Å². The Morgan fingerprint density at radius 2 is 1.73 bits per heavy atom. The highest BCUT2D eigenvalue weighted by Crippen LogP contribution is 2.31. The molecule has 10 nitrogen and oxygen atoms in total. The Kier molecular flexibility index (Phi) is 8.75. The van der Waals surface area contributed by atoms with Gasteiger partial charge in [0.15, 0.2) is 0 Å². The summed E-state index contributed by atoms with van der Waals surface area (Å²) in [6, 6.07) is 3.69. The molecule has 3 heterocycles. The van der Waals surface area contributed by atoms with Crippen molar-refractivity contribution < 1.29 is 36.6 Å². The lowest BCUT2D eigenvalue weighted by molar-refractivity contribution is -0.145. The lowest BCUT2D eigenvalue weighted by atomic mass is 9.89. The van der Waals surface area contributed by atoms with Gasteiger partial charge in [0.05, 0.1) is 22.6 Å². The topological polar surface area (TPSA) is 133 Å². The standard InChI is InChI=1S/C26H26F5N7O3/c1-13-20(23(40)33-12-19(39)18-6-9-32-24(36-18)26(29,30)31)21(35-14(2)34-13)15-7-10-38(11-8-15)25(41)37-22-16(27)4-3-5-17(22)28/h3-6,9,15,19,39H,7-8,10-12H2,1-2H3,(H,33,40)(H,37,41). The fraction of sp³-hybridized carbons (Fsp3) is 0.385. The van der Waals surface area contributed by atoms with Crippen LogP contribution in [0.25, 0.3) is 0 Å². The van der Waals surface area contributed by atoms with Gasteiger partial charge < -0.3 is 20.6 Å². The molecule has 41 heavy (non-hydrogen) atoms. The highest BCUT2D eigenvalue weighted by molar-refractivity contribution is 5.96. The van der Waals surface area contributed by atoms with E-state index in [1.165, 1.54) is 11.0 Å². The van der Waals surface area contributed by atoms with Crippen LogP contribution >= 0.6 is 0 Å². The van der Waals surface area contributed by atoms with Gasteiger partial charge in [0, 0.05) is 31.7 Å². The van der Waals surface area contributed by atoms with Gasteiger partial charge in [0.25, 0.3) is 5.91 Å². The highest BCUT2D eigenvalue weighted by Gasteiger charge is 2.35. The van der Waals surface area contributed by atoms with Crippen LogP contribution in [0.15, 0.2) is 30.5 Å². The first-order valence-corrected chi connectivity index (χ1v) is 12.6. The number of benzene rings is 1. The molecular formula is C26H26F5N7O3. The van der Waals surface area contributed by atoms with Gasteiger partial charge >= 0.3 is 12.2 Å². The summed E-state index contributed by atoms with van der Waals surface area (Å²) in [6.45, 7) is 3.24. The van der Waals surface area contributed by atoms with E-state index >= 15 is 0 Å².